The van der Waals surface area contributed by atoms with Gasteiger partial charge in [0.25, 0.3) is 0 Å². The molecule has 14 heteroatoms. The van der Waals surface area contributed by atoms with Crippen LogP contribution in [0.15, 0.2) is 46.0 Å². The molecule has 33 heavy (non-hydrogen) atoms. The SMILES string of the molecule is COc1cc(/C=N/NC(F)(F)C(F)(F)C(F)(F)F)cc(Br)c1OCc1ccc(C(=O)O)cc1. The number of hydrazone groups is 1. The molecule has 2 rings (SSSR count). The van der Waals surface area contributed by atoms with Crippen molar-refractivity contribution < 1.29 is 50.1 Å². The van der Waals surface area contributed by atoms with Crippen molar-refractivity contribution in [2.24, 2.45) is 5.10 Å². The molecule has 0 bridgehead atoms. The van der Waals surface area contributed by atoms with E-state index >= 15 is 0 Å². The number of carboxylic acid groups (broad SMARTS) is 1. The average molecular weight is 547 g/mol. The van der Waals surface area contributed by atoms with Crippen LogP contribution in [0, 0.1) is 0 Å². The molecule has 2 aromatic rings. The van der Waals surface area contributed by atoms with E-state index in [9.17, 15) is 35.5 Å². The topological polar surface area (TPSA) is 80.1 Å². The van der Waals surface area contributed by atoms with Gasteiger partial charge in [0.2, 0.25) is 0 Å². The molecular weight excluding hydrogens is 533 g/mol. The maximum Gasteiger partial charge on any atom is 0.462 e. The molecule has 0 saturated heterocycles. The van der Waals surface area contributed by atoms with E-state index < -0.39 is 24.1 Å². The highest BCUT2D eigenvalue weighted by Gasteiger charge is 2.73. The van der Waals surface area contributed by atoms with Gasteiger partial charge in [0.1, 0.15) is 6.61 Å². The van der Waals surface area contributed by atoms with Crippen molar-refractivity contribution in [3.05, 3.63) is 57.6 Å². The molecule has 0 spiro atoms. The van der Waals surface area contributed by atoms with Crippen LogP contribution in [0.3, 0.4) is 0 Å². The second-order valence-corrected chi connectivity index (χ2v) is 7.20. The standard InChI is InChI=1S/C19H14BrF7N2O4/c1-32-14-7-11(8-28-29-19(26,27)17(21,22)18(23,24)25)6-13(20)15(14)33-9-10-2-4-12(5-3-10)16(30)31/h2-8,29H,9H2,1H3,(H,30,31)/b28-8+. The number of rotatable bonds is 9. The van der Waals surface area contributed by atoms with Crippen LogP contribution in [0.5, 0.6) is 11.5 Å². The Balaban J connectivity index is 2.15. The number of methoxy groups -OCH3 is 1. The van der Waals surface area contributed by atoms with Crippen molar-refractivity contribution in [1.82, 2.24) is 5.43 Å². The molecule has 0 saturated carbocycles. The largest absolute Gasteiger partial charge is 0.493 e. The Bertz CT molecular complexity index is 1030. The van der Waals surface area contributed by atoms with Gasteiger partial charge in [0.15, 0.2) is 11.5 Å². The number of carboxylic acids is 1. The van der Waals surface area contributed by atoms with Gasteiger partial charge in [-0.3, -0.25) is 0 Å². The molecular formula is C19H14BrF7N2O4. The monoisotopic (exact) mass is 546 g/mol. The van der Waals surface area contributed by atoms with Crippen LogP contribution in [-0.2, 0) is 6.61 Å². The predicted octanol–water partition coefficient (Wildman–Crippen LogP) is 5.45. The van der Waals surface area contributed by atoms with Crippen LogP contribution in [0.1, 0.15) is 21.5 Å². The van der Waals surface area contributed by atoms with Gasteiger partial charge in [0, 0.05) is 0 Å². The summed E-state index contributed by atoms with van der Waals surface area (Å²) in [5.41, 5.74) is 1.20. The van der Waals surface area contributed by atoms with Crippen LogP contribution < -0.4 is 14.9 Å². The zero-order valence-electron chi connectivity index (χ0n) is 16.4. The lowest BCUT2D eigenvalue weighted by Crippen LogP contribution is -2.58. The fraction of sp³-hybridized carbons (Fsp3) is 0.263. The fourth-order valence-electron chi connectivity index (χ4n) is 2.29. The lowest BCUT2D eigenvalue weighted by atomic mass is 10.1. The molecule has 0 atom stereocenters. The molecule has 0 radical (unpaired) electrons. The summed E-state index contributed by atoms with van der Waals surface area (Å²) in [4.78, 5) is 10.9. The number of ether oxygens (including phenoxy) is 2. The van der Waals surface area contributed by atoms with E-state index in [1.54, 1.807) is 0 Å². The van der Waals surface area contributed by atoms with Gasteiger partial charge >= 0.3 is 24.1 Å². The van der Waals surface area contributed by atoms with Gasteiger partial charge in [-0.2, -0.15) is 35.8 Å². The highest BCUT2D eigenvalue weighted by atomic mass is 79.9. The van der Waals surface area contributed by atoms with E-state index in [2.05, 4.69) is 21.0 Å². The van der Waals surface area contributed by atoms with Crippen molar-refractivity contribution >= 4 is 28.1 Å². The summed E-state index contributed by atoms with van der Waals surface area (Å²) in [5, 5.41) is 11.7. The van der Waals surface area contributed by atoms with Crippen molar-refractivity contribution in [3.63, 3.8) is 0 Å². The van der Waals surface area contributed by atoms with E-state index in [4.69, 9.17) is 14.6 Å². The minimum absolute atomic E-state index is 0.00416. The molecule has 0 aromatic heterocycles. The number of halogens is 8. The van der Waals surface area contributed by atoms with Crippen molar-refractivity contribution in [2.45, 2.75) is 24.8 Å². The van der Waals surface area contributed by atoms with Crippen LogP contribution in [0.25, 0.3) is 0 Å². The third-order valence-corrected chi connectivity index (χ3v) is 4.59. The summed E-state index contributed by atoms with van der Waals surface area (Å²) in [6, 6.07) is 2.56. The van der Waals surface area contributed by atoms with E-state index in [-0.39, 0.29) is 33.7 Å². The Morgan fingerprint density at radius 1 is 1.12 bits per heavy atom. The Labute approximate surface area is 190 Å². The number of nitrogens with zero attached hydrogens (tertiary/aromatic N) is 1. The number of hydrogen-bond acceptors (Lipinski definition) is 5. The zero-order valence-corrected chi connectivity index (χ0v) is 18.0. The molecule has 0 fully saturated rings. The van der Waals surface area contributed by atoms with Crippen LogP contribution >= 0.6 is 15.9 Å². The number of carbonyl (C=O) groups is 1. The van der Waals surface area contributed by atoms with Gasteiger partial charge in [-0.1, -0.05) is 12.1 Å². The molecule has 6 nitrogen and oxygen atoms in total. The van der Waals surface area contributed by atoms with Crippen LogP contribution in [0.2, 0.25) is 0 Å². The lowest BCUT2D eigenvalue weighted by Gasteiger charge is -2.27. The first-order valence-corrected chi connectivity index (χ1v) is 9.44. The van der Waals surface area contributed by atoms with Gasteiger partial charge in [-0.05, 0) is 51.3 Å². The average Bonchev–Trinajstić information content (AvgIpc) is 2.71. The van der Waals surface area contributed by atoms with E-state index in [1.165, 1.54) is 43.5 Å². The van der Waals surface area contributed by atoms with E-state index in [0.29, 0.717) is 17.2 Å². The second-order valence-electron chi connectivity index (χ2n) is 6.34. The highest BCUT2D eigenvalue weighted by Crippen LogP contribution is 2.45. The van der Waals surface area contributed by atoms with E-state index in [0.717, 1.165) is 0 Å². The third kappa shape index (κ3) is 6.06. The Hall–Kier alpha value is -3.03. The molecule has 0 heterocycles. The second kappa shape index (κ2) is 9.85. The quantitative estimate of drug-likeness (QED) is 0.189. The van der Waals surface area contributed by atoms with Crippen LogP contribution in [0.4, 0.5) is 30.7 Å². The summed E-state index contributed by atoms with van der Waals surface area (Å²) in [6.07, 6.45) is -5.90. The molecule has 0 aliphatic rings. The van der Waals surface area contributed by atoms with Gasteiger partial charge in [0.05, 0.1) is 23.4 Å². The van der Waals surface area contributed by atoms with Crippen molar-refractivity contribution in [2.75, 3.05) is 7.11 Å². The van der Waals surface area contributed by atoms with Gasteiger partial charge < -0.3 is 14.6 Å². The molecule has 180 valence electrons. The Morgan fingerprint density at radius 2 is 1.73 bits per heavy atom. The van der Waals surface area contributed by atoms with Gasteiger partial charge in [-0.25, -0.2) is 10.2 Å². The summed E-state index contributed by atoms with van der Waals surface area (Å²) in [5.74, 6) is -7.24. The first-order valence-electron chi connectivity index (χ1n) is 8.64. The maximum absolute atomic E-state index is 13.2. The first-order chi connectivity index (χ1) is 15.2. The zero-order chi connectivity index (χ0) is 25.0. The minimum Gasteiger partial charge on any atom is -0.493 e. The third-order valence-electron chi connectivity index (χ3n) is 4.00. The summed E-state index contributed by atoms with van der Waals surface area (Å²) < 4.78 is 99.6. The van der Waals surface area contributed by atoms with Crippen molar-refractivity contribution in [1.29, 1.82) is 0 Å². The Kier molecular flexibility index (Phi) is 7.83. The van der Waals surface area contributed by atoms with Crippen LogP contribution in [-0.4, -0.2) is 42.5 Å². The highest BCUT2D eigenvalue weighted by molar-refractivity contribution is 9.10. The molecule has 0 amide bonds. The minimum atomic E-state index is -6.49. The number of aromatic carboxylic acids is 1. The number of hydrogen-bond donors (Lipinski definition) is 2. The first kappa shape index (κ1) is 26.2. The van der Waals surface area contributed by atoms with E-state index in [1.807, 2.05) is 0 Å². The summed E-state index contributed by atoms with van der Waals surface area (Å²) >= 11 is 3.15. The summed E-state index contributed by atoms with van der Waals surface area (Å²) in [6.45, 7) is -0.0113. The maximum atomic E-state index is 13.2. The molecule has 0 aliphatic heterocycles. The normalized spacial score (nSPS) is 12.6. The number of alkyl halides is 7. The number of nitrogens with one attached hydrogen (secondary N) is 1. The fourth-order valence-corrected chi connectivity index (χ4v) is 2.86. The Morgan fingerprint density at radius 3 is 2.24 bits per heavy atom. The molecule has 2 aromatic carbocycles. The summed E-state index contributed by atoms with van der Waals surface area (Å²) in [7, 11) is 1.24. The van der Waals surface area contributed by atoms with Gasteiger partial charge in [-0.15, -0.1) is 0 Å². The molecule has 0 unspecified atom stereocenters. The predicted molar refractivity (Wildman–Crippen MR) is 105 cm³/mol. The van der Waals surface area contributed by atoms with Crippen molar-refractivity contribution in [3.8, 4) is 11.5 Å². The molecule has 2 N–H and O–H groups in total. The smallest absolute Gasteiger partial charge is 0.462 e. The number of benzene rings is 2. The lowest BCUT2D eigenvalue weighted by molar-refractivity contribution is -0.361. The molecule has 0 aliphatic carbocycles.